The van der Waals surface area contributed by atoms with Crippen LogP contribution in [0.1, 0.15) is 17.9 Å². The predicted molar refractivity (Wildman–Crippen MR) is 101 cm³/mol. The molecule has 0 bridgehead atoms. The average Bonchev–Trinajstić information content (AvgIpc) is 3.33. The van der Waals surface area contributed by atoms with Crippen LogP contribution in [0.3, 0.4) is 0 Å². The summed E-state index contributed by atoms with van der Waals surface area (Å²) in [6.07, 6.45) is 8.28. The van der Waals surface area contributed by atoms with Crippen LogP contribution in [0.25, 0.3) is 16.1 Å². The first kappa shape index (κ1) is 16.4. The Morgan fingerprint density at radius 1 is 1.19 bits per heavy atom. The van der Waals surface area contributed by atoms with Gasteiger partial charge in [-0.05, 0) is 30.7 Å². The number of aromatic nitrogens is 4. The lowest BCUT2D eigenvalue weighted by Crippen LogP contribution is -2.24. The highest BCUT2D eigenvalue weighted by Gasteiger charge is 2.09. The number of hydrogen-bond acceptors (Lipinski definition) is 5. The van der Waals surface area contributed by atoms with Crippen LogP contribution in [0.5, 0.6) is 0 Å². The molecule has 4 aromatic rings. The molecule has 0 radical (unpaired) electrons. The van der Waals surface area contributed by atoms with Gasteiger partial charge in [0.25, 0.3) is 0 Å². The zero-order chi connectivity index (χ0) is 17.8. The van der Waals surface area contributed by atoms with Gasteiger partial charge in [0.1, 0.15) is 10.8 Å². The van der Waals surface area contributed by atoms with Crippen molar-refractivity contribution in [2.75, 3.05) is 0 Å². The highest BCUT2D eigenvalue weighted by atomic mass is 32.1. The Bertz CT molecular complexity index is 1020. The molecule has 0 unspecified atom stereocenters. The fraction of sp³-hybridized carbons (Fsp3) is 0.158. The van der Waals surface area contributed by atoms with E-state index in [-0.39, 0.29) is 5.91 Å². The van der Waals surface area contributed by atoms with Crippen molar-refractivity contribution in [1.82, 2.24) is 24.7 Å². The SMILES string of the molecule is O=C(CCc1csc(-c2ccncc2)n1)NCc1ncc2ccccn12. The number of imidazole rings is 1. The van der Waals surface area contributed by atoms with E-state index in [1.165, 1.54) is 0 Å². The van der Waals surface area contributed by atoms with Crippen LogP contribution in [0, 0.1) is 0 Å². The third-order valence-electron chi connectivity index (χ3n) is 4.05. The number of hydrogen-bond donors (Lipinski definition) is 1. The summed E-state index contributed by atoms with van der Waals surface area (Å²) in [5.41, 5.74) is 3.00. The molecule has 0 atom stereocenters. The number of rotatable bonds is 6. The van der Waals surface area contributed by atoms with Gasteiger partial charge >= 0.3 is 0 Å². The lowest BCUT2D eigenvalue weighted by molar-refractivity contribution is -0.121. The third kappa shape index (κ3) is 3.62. The number of fused-ring (bicyclic) bond motifs is 1. The number of aryl methyl sites for hydroxylation is 1. The van der Waals surface area contributed by atoms with Crippen LogP contribution in [0.4, 0.5) is 0 Å². The Hall–Kier alpha value is -3.06. The Morgan fingerprint density at radius 3 is 2.96 bits per heavy atom. The second-order valence-electron chi connectivity index (χ2n) is 5.83. The van der Waals surface area contributed by atoms with Crippen molar-refractivity contribution in [3.63, 3.8) is 0 Å². The molecule has 1 N–H and O–H groups in total. The van der Waals surface area contributed by atoms with Gasteiger partial charge in [-0.15, -0.1) is 11.3 Å². The molecular formula is C19H17N5OS. The highest BCUT2D eigenvalue weighted by Crippen LogP contribution is 2.23. The summed E-state index contributed by atoms with van der Waals surface area (Å²) < 4.78 is 1.97. The van der Waals surface area contributed by atoms with Gasteiger partial charge in [-0.3, -0.25) is 9.78 Å². The number of thiazole rings is 1. The molecule has 26 heavy (non-hydrogen) atoms. The summed E-state index contributed by atoms with van der Waals surface area (Å²) in [6.45, 7) is 0.413. The molecule has 7 heteroatoms. The van der Waals surface area contributed by atoms with E-state index < -0.39 is 0 Å². The average molecular weight is 363 g/mol. The Kier molecular flexibility index (Phi) is 4.70. The maximum atomic E-state index is 12.1. The summed E-state index contributed by atoms with van der Waals surface area (Å²) in [5.74, 6) is 0.818. The molecule has 0 saturated heterocycles. The number of nitrogens with one attached hydrogen (secondary N) is 1. The van der Waals surface area contributed by atoms with Crippen molar-refractivity contribution in [3.8, 4) is 10.6 Å². The standard InChI is InChI=1S/C19H17N5OS/c25-18(22-12-17-21-11-16-3-1-2-10-24(16)17)5-4-15-13-26-19(23-15)14-6-8-20-9-7-14/h1-3,6-11,13H,4-5,12H2,(H,22,25). The first-order chi connectivity index (χ1) is 12.8. The minimum Gasteiger partial charge on any atom is -0.349 e. The molecule has 4 aromatic heterocycles. The van der Waals surface area contributed by atoms with Gasteiger partial charge in [-0.25, -0.2) is 9.97 Å². The van der Waals surface area contributed by atoms with E-state index in [9.17, 15) is 4.79 Å². The number of nitrogens with zero attached hydrogens (tertiary/aromatic N) is 4. The summed E-state index contributed by atoms with van der Waals surface area (Å²) in [6, 6.07) is 9.77. The van der Waals surface area contributed by atoms with Crippen molar-refractivity contribution in [1.29, 1.82) is 0 Å². The van der Waals surface area contributed by atoms with E-state index in [0.29, 0.717) is 19.4 Å². The van der Waals surface area contributed by atoms with E-state index >= 15 is 0 Å². The number of carbonyl (C=O) groups is 1. The normalized spacial score (nSPS) is 10.9. The summed E-state index contributed by atoms with van der Waals surface area (Å²) >= 11 is 1.58. The summed E-state index contributed by atoms with van der Waals surface area (Å²) in [5, 5.41) is 5.89. The second-order valence-corrected chi connectivity index (χ2v) is 6.68. The first-order valence-corrected chi connectivity index (χ1v) is 9.20. The molecule has 1 amide bonds. The van der Waals surface area contributed by atoms with Gasteiger partial charge < -0.3 is 9.72 Å². The molecule has 0 saturated carbocycles. The van der Waals surface area contributed by atoms with E-state index in [1.807, 2.05) is 46.3 Å². The van der Waals surface area contributed by atoms with Crippen LogP contribution < -0.4 is 5.32 Å². The molecule has 0 fully saturated rings. The van der Waals surface area contributed by atoms with E-state index in [4.69, 9.17) is 0 Å². The number of carbonyl (C=O) groups excluding carboxylic acids is 1. The van der Waals surface area contributed by atoms with E-state index in [1.54, 1.807) is 29.9 Å². The first-order valence-electron chi connectivity index (χ1n) is 8.32. The largest absolute Gasteiger partial charge is 0.349 e. The Labute approximate surface area is 154 Å². The van der Waals surface area contributed by atoms with Gasteiger partial charge in [-0.1, -0.05) is 6.07 Å². The molecule has 4 heterocycles. The predicted octanol–water partition coefficient (Wildman–Crippen LogP) is 3.10. The summed E-state index contributed by atoms with van der Waals surface area (Å²) in [7, 11) is 0. The minimum atomic E-state index is -0.00357. The van der Waals surface area contributed by atoms with Crippen molar-refractivity contribution in [2.24, 2.45) is 0 Å². The number of amides is 1. The Morgan fingerprint density at radius 2 is 2.08 bits per heavy atom. The van der Waals surface area contributed by atoms with Crippen LogP contribution in [-0.4, -0.2) is 25.3 Å². The maximum Gasteiger partial charge on any atom is 0.220 e. The molecule has 4 rings (SSSR count). The van der Waals surface area contributed by atoms with Crippen molar-refractivity contribution >= 4 is 22.8 Å². The molecule has 0 aliphatic carbocycles. The fourth-order valence-electron chi connectivity index (χ4n) is 2.69. The Balaban J connectivity index is 1.31. The van der Waals surface area contributed by atoms with Crippen LogP contribution in [0.2, 0.25) is 0 Å². The van der Waals surface area contributed by atoms with Gasteiger partial charge in [0, 0.05) is 36.0 Å². The molecular weight excluding hydrogens is 346 g/mol. The number of pyridine rings is 2. The second kappa shape index (κ2) is 7.45. The third-order valence-corrected chi connectivity index (χ3v) is 4.99. The molecule has 6 nitrogen and oxygen atoms in total. The minimum absolute atomic E-state index is 0.00357. The van der Waals surface area contributed by atoms with E-state index in [0.717, 1.165) is 27.6 Å². The van der Waals surface area contributed by atoms with Crippen LogP contribution >= 0.6 is 11.3 Å². The van der Waals surface area contributed by atoms with Crippen molar-refractivity contribution < 1.29 is 4.79 Å². The van der Waals surface area contributed by atoms with Gasteiger partial charge in [-0.2, -0.15) is 0 Å². The smallest absolute Gasteiger partial charge is 0.220 e. The van der Waals surface area contributed by atoms with Gasteiger partial charge in [0.05, 0.1) is 24.0 Å². The van der Waals surface area contributed by atoms with E-state index in [2.05, 4.69) is 20.3 Å². The summed E-state index contributed by atoms with van der Waals surface area (Å²) in [4.78, 5) is 25.1. The molecule has 0 aliphatic rings. The highest BCUT2D eigenvalue weighted by molar-refractivity contribution is 7.13. The lowest BCUT2D eigenvalue weighted by Gasteiger charge is -2.04. The fourth-order valence-corrected chi connectivity index (χ4v) is 3.55. The molecule has 0 spiro atoms. The van der Waals surface area contributed by atoms with Gasteiger partial charge in [0.15, 0.2) is 0 Å². The quantitative estimate of drug-likeness (QED) is 0.571. The molecule has 130 valence electrons. The monoisotopic (exact) mass is 363 g/mol. The molecule has 0 aliphatic heterocycles. The van der Waals surface area contributed by atoms with Gasteiger partial charge in [0.2, 0.25) is 5.91 Å². The van der Waals surface area contributed by atoms with Crippen molar-refractivity contribution in [2.45, 2.75) is 19.4 Å². The van der Waals surface area contributed by atoms with Crippen LogP contribution in [-0.2, 0) is 17.8 Å². The zero-order valence-electron chi connectivity index (χ0n) is 14.0. The lowest BCUT2D eigenvalue weighted by atomic mass is 10.2. The molecule has 0 aromatic carbocycles. The van der Waals surface area contributed by atoms with Crippen LogP contribution in [0.15, 0.2) is 60.5 Å². The topological polar surface area (TPSA) is 72.2 Å². The maximum absolute atomic E-state index is 12.1. The zero-order valence-corrected chi connectivity index (χ0v) is 14.8. The van der Waals surface area contributed by atoms with Crippen molar-refractivity contribution in [3.05, 3.63) is 72.0 Å².